The molecule has 8 heteroatoms. The van der Waals surface area contributed by atoms with Crippen LogP contribution in [0.5, 0.6) is 0 Å². The van der Waals surface area contributed by atoms with E-state index >= 15 is 0 Å². The van der Waals surface area contributed by atoms with Crippen LogP contribution in [0, 0.1) is 6.92 Å². The second kappa shape index (κ2) is 5.84. The van der Waals surface area contributed by atoms with Crippen LogP contribution in [0.25, 0.3) is 10.8 Å². The van der Waals surface area contributed by atoms with Crippen molar-refractivity contribution in [2.24, 2.45) is 0 Å². The van der Waals surface area contributed by atoms with Crippen LogP contribution >= 0.6 is 0 Å². The van der Waals surface area contributed by atoms with E-state index in [0.29, 0.717) is 22.3 Å². The summed E-state index contributed by atoms with van der Waals surface area (Å²) in [4.78, 5) is 42.1. The summed E-state index contributed by atoms with van der Waals surface area (Å²) in [6.45, 7) is 1.74. The van der Waals surface area contributed by atoms with Gasteiger partial charge in [0.15, 0.2) is 5.69 Å². The lowest BCUT2D eigenvalue weighted by molar-refractivity contribution is 0.0945. The van der Waals surface area contributed by atoms with Gasteiger partial charge < -0.3 is 10.3 Å². The smallest absolute Gasteiger partial charge is 0.272 e. The molecular weight excluding hydrogens is 298 g/mol. The highest BCUT2D eigenvalue weighted by Gasteiger charge is 2.14. The van der Waals surface area contributed by atoms with Gasteiger partial charge in [0, 0.05) is 17.1 Å². The van der Waals surface area contributed by atoms with E-state index in [1.165, 1.54) is 6.07 Å². The number of amides is 1. The molecule has 0 saturated carbocycles. The normalized spacial score (nSPS) is 10.7. The van der Waals surface area contributed by atoms with E-state index in [1.807, 2.05) is 0 Å². The van der Waals surface area contributed by atoms with Gasteiger partial charge in [0.2, 0.25) is 0 Å². The summed E-state index contributed by atoms with van der Waals surface area (Å²) < 4.78 is 0. The number of benzene rings is 1. The van der Waals surface area contributed by atoms with Crippen molar-refractivity contribution in [3.8, 4) is 0 Å². The van der Waals surface area contributed by atoms with Crippen LogP contribution in [0.3, 0.4) is 0 Å². The van der Waals surface area contributed by atoms with E-state index in [0.717, 1.165) is 0 Å². The summed E-state index contributed by atoms with van der Waals surface area (Å²) in [6.07, 6.45) is 0. The second-order valence-electron chi connectivity index (χ2n) is 4.96. The van der Waals surface area contributed by atoms with Crippen molar-refractivity contribution in [3.63, 3.8) is 0 Å². The third-order valence-electron chi connectivity index (χ3n) is 3.25. The summed E-state index contributed by atoms with van der Waals surface area (Å²) in [5.41, 5.74) is 0.0250. The van der Waals surface area contributed by atoms with Gasteiger partial charge in [-0.25, -0.2) is 10.1 Å². The third kappa shape index (κ3) is 3.00. The van der Waals surface area contributed by atoms with Gasteiger partial charge >= 0.3 is 0 Å². The maximum absolute atomic E-state index is 12.3. The molecule has 1 aromatic carbocycles. The molecule has 3 aromatic rings. The first-order valence-corrected chi connectivity index (χ1v) is 6.87. The number of aromatic amines is 2. The monoisotopic (exact) mass is 311 g/mol. The molecule has 0 saturated heterocycles. The van der Waals surface area contributed by atoms with Crippen molar-refractivity contribution in [1.82, 2.24) is 25.5 Å². The molecule has 116 valence electrons. The number of hydrogen-bond acceptors (Lipinski definition) is 5. The Morgan fingerprint density at radius 3 is 2.70 bits per heavy atom. The lowest BCUT2D eigenvalue weighted by Crippen LogP contribution is -2.28. The van der Waals surface area contributed by atoms with Gasteiger partial charge in [-0.1, -0.05) is 18.2 Å². The number of carbonyl (C=O) groups excluding carboxylic acids is 1. The molecule has 0 aliphatic rings. The number of nitrogens with one attached hydrogen (secondary N) is 3. The number of hydrogen-bond donors (Lipinski definition) is 3. The molecule has 0 atom stereocenters. The molecule has 0 bridgehead atoms. The van der Waals surface area contributed by atoms with Crippen molar-refractivity contribution < 1.29 is 4.79 Å². The Morgan fingerprint density at radius 1 is 1.22 bits per heavy atom. The maximum atomic E-state index is 12.3. The predicted octanol–water partition coefficient (Wildman–Crippen LogP) is 0.245. The molecule has 8 nitrogen and oxygen atoms in total. The standard InChI is InChI=1S/C15H13N5O3/c1-8-6-12(21)18-11(17-8)7-16-15(23)13-9-4-2-3-5-10(9)14(22)20-19-13/h2-6H,7H2,1H3,(H,16,23)(H,20,22)(H,17,18,21). The van der Waals surface area contributed by atoms with E-state index < -0.39 is 5.91 Å². The molecule has 0 spiro atoms. The quantitative estimate of drug-likeness (QED) is 0.640. The van der Waals surface area contributed by atoms with Gasteiger partial charge in [-0.15, -0.1) is 0 Å². The Balaban J connectivity index is 1.88. The number of rotatable bonds is 3. The van der Waals surface area contributed by atoms with Gasteiger partial charge in [-0.3, -0.25) is 14.4 Å². The SMILES string of the molecule is Cc1cc(=O)[nH]c(CNC(=O)c2n[nH]c(=O)c3ccccc23)n1. The van der Waals surface area contributed by atoms with Gasteiger partial charge in [0.05, 0.1) is 11.9 Å². The minimum Gasteiger partial charge on any atom is -0.343 e. The van der Waals surface area contributed by atoms with Crippen LogP contribution < -0.4 is 16.4 Å². The van der Waals surface area contributed by atoms with Gasteiger partial charge in [-0.05, 0) is 13.0 Å². The average Bonchev–Trinajstić information content (AvgIpc) is 2.52. The Morgan fingerprint density at radius 2 is 1.96 bits per heavy atom. The fraction of sp³-hybridized carbons (Fsp3) is 0.133. The van der Waals surface area contributed by atoms with Gasteiger partial charge in [0.25, 0.3) is 17.0 Å². The minimum atomic E-state index is -0.471. The zero-order valence-electron chi connectivity index (χ0n) is 12.2. The van der Waals surface area contributed by atoms with Crippen molar-refractivity contribution >= 4 is 16.7 Å². The highest BCUT2D eigenvalue weighted by molar-refractivity contribution is 6.04. The molecule has 0 radical (unpaired) electrons. The molecule has 2 aromatic heterocycles. The molecule has 2 heterocycles. The highest BCUT2D eigenvalue weighted by atomic mass is 16.2. The summed E-state index contributed by atoms with van der Waals surface area (Å²) in [7, 11) is 0. The molecule has 3 rings (SSSR count). The zero-order chi connectivity index (χ0) is 16.4. The van der Waals surface area contributed by atoms with Gasteiger partial charge in [0.1, 0.15) is 5.82 Å². The summed E-state index contributed by atoms with van der Waals surface area (Å²) in [5, 5.41) is 9.58. The molecule has 1 amide bonds. The fourth-order valence-corrected chi connectivity index (χ4v) is 2.26. The second-order valence-corrected chi connectivity index (χ2v) is 4.96. The lowest BCUT2D eigenvalue weighted by atomic mass is 10.1. The number of aryl methyl sites for hydroxylation is 1. The molecular formula is C15H13N5O3. The molecule has 0 aliphatic heterocycles. The first-order valence-electron chi connectivity index (χ1n) is 6.87. The number of nitrogens with zero attached hydrogens (tertiary/aromatic N) is 2. The minimum absolute atomic E-state index is 0.0465. The highest BCUT2D eigenvalue weighted by Crippen LogP contribution is 2.12. The van der Waals surface area contributed by atoms with Crippen molar-refractivity contribution in [1.29, 1.82) is 0 Å². The van der Waals surface area contributed by atoms with Crippen molar-refractivity contribution in [2.75, 3.05) is 0 Å². The fourth-order valence-electron chi connectivity index (χ4n) is 2.26. The maximum Gasteiger partial charge on any atom is 0.272 e. The average molecular weight is 311 g/mol. The summed E-state index contributed by atoms with van der Waals surface area (Å²) in [6, 6.07) is 8.06. The molecule has 3 N–H and O–H groups in total. The van der Waals surface area contributed by atoms with Crippen molar-refractivity contribution in [2.45, 2.75) is 13.5 Å². The van der Waals surface area contributed by atoms with Crippen molar-refractivity contribution in [3.05, 3.63) is 68.3 Å². The van der Waals surface area contributed by atoms with Crippen LogP contribution in [-0.4, -0.2) is 26.1 Å². The van der Waals surface area contributed by atoms with E-state index in [4.69, 9.17) is 0 Å². The van der Waals surface area contributed by atoms with E-state index in [9.17, 15) is 14.4 Å². The molecule has 0 fully saturated rings. The number of fused-ring (bicyclic) bond motifs is 1. The summed E-state index contributed by atoms with van der Waals surface area (Å²) >= 11 is 0. The largest absolute Gasteiger partial charge is 0.343 e. The first kappa shape index (κ1) is 14.6. The number of aromatic nitrogens is 4. The van der Waals surface area contributed by atoms with Crippen LogP contribution in [0.1, 0.15) is 22.0 Å². The topological polar surface area (TPSA) is 121 Å². The van der Waals surface area contributed by atoms with E-state index in [-0.39, 0.29) is 23.4 Å². The molecule has 0 aliphatic carbocycles. The third-order valence-corrected chi connectivity index (χ3v) is 3.25. The van der Waals surface area contributed by atoms with Crippen LogP contribution in [-0.2, 0) is 6.54 Å². The Hall–Kier alpha value is -3.29. The Labute approximate surface area is 129 Å². The molecule has 23 heavy (non-hydrogen) atoms. The van der Waals surface area contributed by atoms with Crippen LogP contribution in [0.4, 0.5) is 0 Å². The Kier molecular flexibility index (Phi) is 3.71. The van der Waals surface area contributed by atoms with Gasteiger partial charge in [-0.2, -0.15) is 5.10 Å². The van der Waals surface area contributed by atoms with E-state index in [2.05, 4.69) is 25.5 Å². The van der Waals surface area contributed by atoms with Crippen LogP contribution in [0.15, 0.2) is 39.9 Å². The zero-order valence-corrected chi connectivity index (χ0v) is 12.2. The lowest BCUT2D eigenvalue weighted by Gasteiger charge is -2.06. The Bertz CT molecular complexity index is 1010. The number of carbonyl (C=O) groups is 1. The van der Waals surface area contributed by atoms with Crippen LogP contribution in [0.2, 0.25) is 0 Å². The number of H-pyrrole nitrogens is 2. The van der Waals surface area contributed by atoms with E-state index in [1.54, 1.807) is 31.2 Å². The predicted molar refractivity (Wildman–Crippen MR) is 83.1 cm³/mol. The molecule has 0 unspecified atom stereocenters. The first-order chi connectivity index (χ1) is 11.0. The summed E-state index contributed by atoms with van der Waals surface area (Å²) in [5.74, 6) is -0.126.